The van der Waals surface area contributed by atoms with Crippen LogP contribution in [-0.4, -0.2) is 30.3 Å². The van der Waals surface area contributed by atoms with Crippen molar-refractivity contribution in [2.75, 3.05) is 19.0 Å². The van der Waals surface area contributed by atoms with Gasteiger partial charge in [0.05, 0.1) is 18.3 Å². The number of nitrogens with two attached hydrogens (primary N) is 1. The lowest BCUT2D eigenvalue weighted by Gasteiger charge is -2.28. The van der Waals surface area contributed by atoms with Crippen LogP contribution in [0.5, 0.6) is 11.5 Å². The predicted molar refractivity (Wildman–Crippen MR) is 113 cm³/mol. The van der Waals surface area contributed by atoms with E-state index >= 15 is 0 Å². The van der Waals surface area contributed by atoms with Crippen LogP contribution in [0.4, 0.5) is 10.6 Å². The number of carbonyl (C=O) groups excluding carboxylic acids is 1. The third kappa shape index (κ3) is 4.92. The Hall–Kier alpha value is -2.51. The van der Waals surface area contributed by atoms with E-state index in [1.54, 1.807) is 12.3 Å². The Balaban J connectivity index is 1.86. The fourth-order valence-electron chi connectivity index (χ4n) is 3.48. The largest absolute Gasteiger partial charge is 0.490 e. The zero-order valence-corrected chi connectivity index (χ0v) is 17.8. The van der Waals surface area contributed by atoms with Crippen LogP contribution < -0.4 is 20.5 Å². The molecule has 8 heteroatoms. The number of fused-ring (bicyclic) bond motifs is 3. The van der Waals surface area contributed by atoms with Gasteiger partial charge < -0.3 is 19.9 Å². The van der Waals surface area contributed by atoms with Crippen molar-refractivity contribution in [2.45, 2.75) is 39.3 Å². The lowest BCUT2D eigenvalue weighted by molar-refractivity contribution is 0.187. The van der Waals surface area contributed by atoms with Gasteiger partial charge in [0, 0.05) is 16.7 Å². The van der Waals surface area contributed by atoms with Crippen molar-refractivity contribution in [1.29, 1.82) is 0 Å². The topological polar surface area (TPSA) is 95.7 Å². The Morgan fingerprint density at radius 3 is 2.86 bits per heavy atom. The third-order valence-corrected chi connectivity index (χ3v) is 5.00. The zero-order chi connectivity index (χ0) is 21.2. The molecule has 3 rings (SSSR count). The molecular formula is C21H26ClN3O4. The van der Waals surface area contributed by atoms with Crippen LogP contribution in [-0.2, 0) is 11.3 Å². The summed E-state index contributed by atoms with van der Waals surface area (Å²) in [6.45, 7) is 6.89. The maximum atomic E-state index is 11.5. The van der Waals surface area contributed by atoms with Crippen molar-refractivity contribution < 1.29 is 19.0 Å². The normalized spacial score (nSPS) is 14.3. The van der Waals surface area contributed by atoms with Gasteiger partial charge in [-0.05, 0) is 37.0 Å². The first-order valence-corrected chi connectivity index (χ1v) is 9.79. The lowest BCUT2D eigenvalue weighted by Crippen LogP contribution is -2.43. The van der Waals surface area contributed by atoms with Crippen LogP contribution >= 0.6 is 11.6 Å². The number of methoxy groups -OCH3 is 1. The zero-order valence-electron chi connectivity index (χ0n) is 17.0. The lowest BCUT2D eigenvalue weighted by atomic mass is 9.93. The summed E-state index contributed by atoms with van der Waals surface area (Å²) in [5.74, 6) is 2.01. The van der Waals surface area contributed by atoms with Gasteiger partial charge in [0.25, 0.3) is 0 Å². The van der Waals surface area contributed by atoms with E-state index in [1.807, 2.05) is 19.1 Å². The molecule has 3 N–H and O–H groups in total. The molecular weight excluding hydrogens is 394 g/mol. The Bertz CT molecular complexity index is 915. The predicted octanol–water partition coefficient (Wildman–Crippen LogP) is 4.62. The second-order valence-electron chi connectivity index (χ2n) is 7.92. The molecule has 1 aromatic carbocycles. The molecule has 1 unspecified atom stereocenters. The molecule has 1 aliphatic rings. The van der Waals surface area contributed by atoms with Gasteiger partial charge in [0.1, 0.15) is 30.5 Å². The molecule has 0 fully saturated rings. The number of hydrogen-bond donors (Lipinski definition) is 2. The smallest absolute Gasteiger partial charge is 0.412 e. The number of aromatic nitrogens is 1. The summed E-state index contributed by atoms with van der Waals surface area (Å²) in [5, 5.41) is 3.04. The Kier molecular flexibility index (Phi) is 6.19. The molecule has 2 aromatic rings. The molecule has 0 aliphatic carbocycles. The molecule has 1 amide bonds. The van der Waals surface area contributed by atoms with Crippen molar-refractivity contribution in [3.8, 4) is 22.6 Å². The van der Waals surface area contributed by atoms with Gasteiger partial charge in [-0.15, -0.1) is 0 Å². The minimum absolute atomic E-state index is 0.301. The highest BCUT2D eigenvalue weighted by Gasteiger charge is 2.25. The molecule has 0 radical (unpaired) electrons. The summed E-state index contributed by atoms with van der Waals surface area (Å²) in [6.07, 6.45) is 1.81. The Morgan fingerprint density at radius 2 is 2.17 bits per heavy atom. The van der Waals surface area contributed by atoms with Crippen LogP contribution in [0.2, 0.25) is 5.02 Å². The summed E-state index contributed by atoms with van der Waals surface area (Å²) < 4.78 is 16.4. The minimum atomic E-state index is -0.595. The Morgan fingerprint density at radius 1 is 1.41 bits per heavy atom. The number of ether oxygens (including phenoxy) is 3. The second kappa shape index (κ2) is 8.47. The quantitative estimate of drug-likeness (QED) is 0.709. The average molecular weight is 420 g/mol. The standard InChI is InChI=1S/C21H26ClN3O4/c1-12(2)8-21(3,23)11-29-16-6-5-13-14-7-18(25-20(26)27-4)24-9-17(14)28-10-15(13)19(16)22/h5-7,9,12H,8,10-11,23H2,1-4H3,(H,24,25,26). The SMILES string of the molecule is COC(=O)Nc1cc2c(cn1)OCc1c-2ccc(OCC(C)(N)CC(C)C)c1Cl. The van der Waals surface area contributed by atoms with Gasteiger partial charge in [-0.3, -0.25) is 5.32 Å². The van der Waals surface area contributed by atoms with Gasteiger partial charge in [0.2, 0.25) is 0 Å². The van der Waals surface area contributed by atoms with Crippen molar-refractivity contribution in [3.63, 3.8) is 0 Å². The summed E-state index contributed by atoms with van der Waals surface area (Å²) in [4.78, 5) is 15.6. The molecule has 1 atom stereocenters. The number of nitrogens with zero attached hydrogens (tertiary/aromatic N) is 1. The molecule has 0 spiro atoms. The van der Waals surface area contributed by atoms with E-state index < -0.39 is 11.6 Å². The fraction of sp³-hybridized carbons (Fsp3) is 0.429. The summed E-state index contributed by atoms with van der Waals surface area (Å²) in [6, 6.07) is 5.48. The van der Waals surface area contributed by atoms with E-state index in [-0.39, 0.29) is 0 Å². The third-order valence-electron chi connectivity index (χ3n) is 4.58. The minimum Gasteiger partial charge on any atom is -0.490 e. The first kappa shape index (κ1) is 21.2. The number of pyridine rings is 1. The maximum absolute atomic E-state index is 11.5. The van der Waals surface area contributed by atoms with Crippen molar-refractivity contribution in [3.05, 3.63) is 35.0 Å². The molecule has 1 aliphatic heterocycles. The van der Waals surface area contributed by atoms with Gasteiger partial charge in [-0.2, -0.15) is 0 Å². The summed E-state index contributed by atoms with van der Waals surface area (Å²) >= 11 is 6.62. The number of benzene rings is 1. The van der Waals surface area contributed by atoms with Gasteiger partial charge in [-0.25, -0.2) is 9.78 Å². The molecule has 156 valence electrons. The van der Waals surface area contributed by atoms with Crippen molar-refractivity contribution in [2.24, 2.45) is 11.7 Å². The first-order valence-electron chi connectivity index (χ1n) is 9.41. The number of rotatable bonds is 6. The van der Waals surface area contributed by atoms with Crippen molar-refractivity contribution >= 4 is 23.5 Å². The van der Waals surface area contributed by atoms with E-state index in [1.165, 1.54) is 7.11 Å². The average Bonchev–Trinajstić information content (AvgIpc) is 2.66. The molecule has 29 heavy (non-hydrogen) atoms. The highest BCUT2D eigenvalue weighted by Crippen LogP contribution is 2.43. The molecule has 1 aromatic heterocycles. The molecule has 0 saturated carbocycles. The number of nitrogens with one attached hydrogen (secondary N) is 1. The van der Waals surface area contributed by atoms with Gasteiger partial charge >= 0.3 is 6.09 Å². The van der Waals surface area contributed by atoms with Crippen LogP contribution in [0.1, 0.15) is 32.8 Å². The first-order chi connectivity index (χ1) is 13.7. The Labute approximate surface area is 175 Å². The number of amides is 1. The summed E-state index contributed by atoms with van der Waals surface area (Å²) in [7, 11) is 1.29. The van der Waals surface area contributed by atoms with E-state index in [0.29, 0.717) is 41.5 Å². The fourth-order valence-corrected chi connectivity index (χ4v) is 3.75. The monoisotopic (exact) mass is 419 g/mol. The van der Waals surface area contributed by atoms with Crippen LogP contribution in [0.15, 0.2) is 24.4 Å². The van der Waals surface area contributed by atoms with E-state index in [0.717, 1.165) is 23.1 Å². The number of hydrogen-bond acceptors (Lipinski definition) is 6. The van der Waals surface area contributed by atoms with E-state index in [9.17, 15) is 4.79 Å². The van der Waals surface area contributed by atoms with E-state index in [2.05, 4.69) is 28.9 Å². The molecule has 2 heterocycles. The maximum Gasteiger partial charge on any atom is 0.412 e. The molecule has 7 nitrogen and oxygen atoms in total. The van der Waals surface area contributed by atoms with Crippen molar-refractivity contribution in [1.82, 2.24) is 4.98 Å². The van der Waals surface area contributed by atoms with Crippen LogP contribution in [0.3, 0.4) is 0 Å². The highest BCUT2D eigenvalue weighted by molar-refractivity contribution is 6.33. The molecule has 0 bridgehead atoms. The van der Waals surface area contributed by atoms with Gasteiger partial charge in [0.15, 0.2) is 0 Å². The number of halogens is 1. The number of anilines is 1. The molecule has 0 saturated heterocycles. The number of carbonyl (C=O) groups is 1. The summed E-state index contributed by atoms with van der Waals surface area (Å²) in [5.41, 5.74) is 8.39. The second-order valence-corrected chi connectivity index (χ2v) is 8.29. The highest BCUT2D eigenvalue weighted by atomic mass is 35.5. The van der Waals surface area contributed by atoms with E-state index in [4.69, 9.17) is 26.8 Å². The van der Waals surface area contributed by atoms with Crippen LogP contribution in [0.25, 0.3) is 11.1 Å². The van der Waals surface area contributed by atoms with Gasteiger partial charge in [-0.1, -0.05) is 31.5 Å². The van der Waals surface area contributed by atoms with Crippen LogP contribution in [0, 0.1) is 5.92 Å².